The largest absolute Gasteiger partial charge is 0.330 e. The van der Waals surface area contributed by atoms with Gasteiger partial charge in [0.05, 0.1) is 0 Å². The van der Waals surface area contributed by atoms with Gasteiger partial charge in [-0.1, -0.05) is 24.3 Å². The highest BCUT2D eigenvalue weighted by atomic mass is 15.2. The topological polar surface area (TPSA) is 29.3 Å². The molecule has 98 valence electrons. The summed E-state index contributed by atoms with van der Waals surface area (Å²) >= 11 is 0. The number of rotatable bonds is 4. The summed E-state index contributed by atoms with van der Waals surface area (Å²) in [5.74, 6) is 1.70. The Morgan fingerprint density at radius 1 is 1.17 bits per heavy atom. The molecule has 1 aromatic rings. The van der Waals surface area contributed by atoms with E-state index in [1.54, 1.807) is 11.1 Å². The van der Waals surface area contributed by atoms with Gasteiger partial charge in [-0.15, -0.1) is 0 Å². The monoisotopic (exact) mass is 244 g/mol. The van der Waals surface area contributed by atoms with Crippen molar-refractivity contribution in [1.82, 2.24) is 4.90 Å². The summed E-state index contributed by atoms with van der Waals surface area (Å²) in [7, 11) is 0. The van der Waals surface area contributed by atoms with Crippen molar-refractivity contribution in [1.29, 1.82) is 0 Å². The fraction of sp³-hybridized carbons (Fsp3) is 0.625. The fourth-order valence-corrected chi connectivity index (χ4v) is 3.73. The summed E-state index contributed by atoms with van der Waals surface area (Å²) in [4.78, 5) is 2.66. The van der Waals surface area contributed by atoms with E-state index >= 15 is 0 Å². The standard InChI is InChI=1S/C16H24N2/c17-9-3-4-10-18-11-14-8-7-13-5-1-2-6-15(13)16(14)12-18/h1-2,5-6,14,16H,3-4,7-12,17H2. The SMILES string of the molecule is NCCCCN1CC2CCc3ccccc3C2C1. The lowest BCUT2D eigenvalue weighted by Crippen LogP contribution is -2.22. The molecular weight excluding hydrogens is 220 g/mol. The summed E-state index contributed by atoms with van der Waals surface area (Å²) in [6.45, 7) is 4.66. The number of hydrogen-bond acceptors (Lipinski definition) is 2. The van der Waals surface area contributed by atoms with Gasteiger partial charge in [-0.2, -0.15) is 0 Å². The highest BCUT2D eigenvalue weighted by Gasteiger charge is 2.36. The average Bonchev–Trinajstić information content (AvgIpc) is 2.82. The molecule has 1 saturated heterocycles. The second-order valence-electron chi connectivity index (χ2n) is 5.86. The Labute approximate surface area is 110 Å². The van der Waals surface area contributed by atoms with Gasteiger partial charge in [0.25, 0.3) is 0 Å². The van der Waals surface area contributed by atoms with Gasteiger partial charge in [0.2, 0.25) is 0 Å². The molecule has 0 spiro atoms. The van der Waals surface area contributed by atoms with Crippen LogP contribution in [0.25, 0.3) is 0 Å². The lowest BCUT2D eigenvalue weighted by atomic mass is 9.77. The van der Waals surface area contributed by atoms with E-state index in [-0.39, 0.29) is 0 Å². The molecule has 2 heteroatoms. The minimum Gasteiger partial charge on any atom is -0.330 e. The number of nitrogens with two attached hydrogens (primary N) is 1. The van der Waals surface area contributed by atoms with Gasteiger partial charge in [-0.25, -0.2) is 0 Å². The lowest BCUT2D eigenvalue weighted by molar-refractivity contribution is 0.314. The van der Waals surface area contributed by atoms with E-state index < -0.39 is 0 Å². The molecule has 0 aromatic heterocycles. The summed E-state index contributed by atoms with van der Waals surface area (Å²) in [5, 5.41) is 0. The van der Waals surface area contributed by atoms with Crippen LogP contribution in [-0.4, -0.2) is 31.1 Å². The smallest absolute Gasteiger partial charge is 0.00536 e. The predicted octanol–water partition coefficient (Wildman–Crippen LogP) is 2.39. The second kappa shape index (κ2) is 5.41. The molecule has 2 atom stereocenters. The molecule has 0 radical (unpaired) electrons. The first-order valence-electron chi connectivity index (χ1n) is 7.38. The van der Waals surface area contributed by atoms with Crippen LogP contribution in [0.1, 0.15) is 36.3 Å². The van der Waals surface area contributed by atoms with Crippen LogP contribution in [0.4, 0.5) is 0 Å². The first-order valence-corrected chi connectivity index (χ1v) is 7.38. The number of aryl methyl sites for hydroxylation is 1. The number of fused-ring (bicyclic) bond motifs is 3. The van der Waals surface area contributed by atoms with E-state index in [0.29, 0.717) is 0 Å². The number of hydrogen-bond donors (Lipinski definition) is 1. The molecule has 0 amide bonds. The zero-order chi connectivity index (χ0) is 12.4. The van der Waals surface area contributed by atoms with Crippen LogP contribution in [0, 0.1) is 5.92 Å². The van der Waals surface area contributed by atoms with Gasteiger partial charge >= 0.3 is 0 Å². The Kier molecular flexibility index (Phi) is 3.67. The van der Waals surface area contributed by atoms with E-state index in [9.17, 15) is 0 Å². The van der Waals surface area contributed by atoms with E-state index in [1.165, 1.54) is 45.3 Å². The molecule has 1 aliphatic carbocycles. The maximum Gasteiger partial charge on any atom is 0.00536 e. The summed E-state index contributed by atoms with van der Waals surface area (Å²) in [6, 6.07) is 9.07. The van der Waals surface area contributed by atoms with Crippen LogP contribution >= 0.6 is 0 Å². The molecule has 0 bridgehead atoms. The predicted molar refractivity (Wildman–Crippen MR) is 75.7 cm³/mol. The van der Waals surface area contributed by atoms with Crippen LogP contribution < -0.4 is 5.73 Å². The zero-order valence-electron chi connectivity index (χ0n) is 11.1. The summed E-state index contributed by atoms with van der Waals surface area (Å²) < 4.78 is 0. The van der Waals surface area contributed by atoms with Crippen LogP contribution in [0.2, 0.25) is 0 Å². The fourth-order valence-electron chi connectivity index (χ4n) is 3.73. The van der Waals surface area contributed by atoms with Crippen molar-refractivity contribution in [3.05, 3.63) is 35.4 Å². The van der Waals surface area contributed by atoms with Crippen molar-refractivity contribution >= 4 is 0 Å². The Balaban J connectivity index is 1.67. The van der Waals surface area contributed by atoms with Crippen LogP contribution in [0.5, 0.6) is 0 Å². The maximum atomic E-state index is 5.57. The van der Waals surface area contributed by atoms with E-state index in [4.69, 9.17) is 5.73 Å². The van der Waals surface area contributed by atoms with Gasteiger partial charge < -0.3 is 10.6 Å². The number of unbranched alkanes of at least 4 members (excludes halogenated alkanes) is 1. The van der Waals surface area contributed by atoms with Crippen molar-refractivity contribution < 1.29 is 0 Å². The maximum absolute atomic E-state index is 5.57. The zero-order valence-corrected chi connectivity index (χ0v) is 11.1. The Hall–Kier alpha value is -0.860. The van der Waals surface area contributed by atoms with Crippen LogP contribution in [0.3, 0.4) is 0 Å². The molecule has 1 aliphatic heterocycles. The molecule has 2 N–H and O–H groups in total. The highest BCUT2D eigenvalue weighted by molar-refractivity contribution is 5.34. The first-order chi connectivity index (χ1) is 8.88. The van der Waals surface area contributed by atoms with E-state index in [2.05, 4.69) is 29.2 Å². The normalized spacial score (nSPS) is 26.9. The Morgan fingerprint density at radius 3 is 2.94 bits per heavy atom. The third-order valence-corrected chi connectivity index (χ3v) is 4.68. The molecule has 2 unspecified atom stereocenters. The minimum absolute atomic E-state index is 0.799. The summed E-state index contributed by atoms with van der Waals surface area (Å²) in [6.07, 6.45) is 5.10. The van der Waals surface area contributed by atoms with Crippen molar-refractivity contribution in [3.63, 3.8) is 0 Å². The van der Waals surface area contributed by atoms with E-state index in [1.807, 2.05) is 0 Å². The molecule has 1 aromatic carbocycles. The van der Waals surface area contributed by atoms with Gasteiger partial charge in [-0.3, -0.25) is 0 Å². The molecule has 3 rings (SSSR count). The van der Waals surface area contributed by atoms with Crippen LogP contribution in [-0.2, 0) is 6.42 Å². The molecule has 0 saturated carbocycles. The Bertz CT molecular complexity index is 402. The third kappa shape index (κ3) is 2.32. The number of likely N-dealkylation sites (tertiary alicyclic amines) is 1. The van der Waals surface area contributed by atoms with Gasteiger partial charge in [0, 0.05) is 19.0 Å². The quantitative estimate of drug-likeness (QED) is 0.824. The van der Waals surface area contributed by atoms with Crippen molar-refractivity contribution in [2.45, 2.75) is 31.6 Å². The first kappa shape index (κ1) is 12.2. The Morgan fingerprint density at radius 2 is 2.06 bits per heavy atom. The van der Waals surface area contributed by atoms with Crippen molar-refractivity contribution in [2.24, 2.45) is 11.7 Å². The van der Waals surface area contributed by atoms with Gasteiger partial charge in [-0.05, 0) is 55.8 Å². The molecule has 2 nitrogen and oxygen atoms in total. The highest BCUT2D eigenvalue weighted by Crippen LogP contribution is 2.41. The summed E-state index contributed by atoms with van der Waals surface area (Å²) in [5.41, 5.74) is 8.81. The third-order valence-electron chi connectivity index (χ3n) is 4.68. The van der Waals surface area contributed by atoms with Crippen LogP contribution in [0.15, 0.2) is 24.3 Å². The van der Waals surface area contributed by atoms with E-state index in [0.717, 1.165) is 18.4 Å². The molecule has 1 heterocycles. The van der Waals surface area contributed by atoms with Crippen molar-refractivity contribution in [2.75, 3.05) is 26.2 Å². The molecular formula is C16H24N2. The minimum atomic E-state index is 0.799. The van der Waals surface area contributed by atoms with Gasteiger partial charge in [0.1, 0.15) is 0 Å². The second-order valence-corrected chi connectivity index (χ2v) is 5.86. The molecule has 1 fully saturated rings. The number of benzene rings is 1. The molecule has 18 heavy (non-hydrogen) atoms. The molecule has 2 aliphatic rings. The average molecular weight is 244 g/mol. The lowest BCUT2D eigenvalue weighted by Gasteiger charge is -2.27. The van der Waals surface area contributed by atoms with Crippen molar-refractivity contribution in [3.8, 4) is 0 Å². The van der Waals surface area contributed by atoms with Gasteiger partial charge in [0.15, 0.2) is 0 Å². The number of nitrogens with zero attached hydrogens (tertiary/aromatic N) is 1.